The zero-order valence-corrected chi connectivity index (χ0v) is 12.1. The maximum absolute atomic E-state index is 13.4. The molecule has 0 unspecified atom stereocenters. The average molecular weight is 283 g/mol. The molecule has 3 rings (SSSR count). The summed E-state index contributed by atoms with van der Waals surface area (Å²) >= 11 is 0. The molecule has 1 fully saturated rings. The molecule has 0 radical (unpaired) electrons. The number of benzene rings is 2. The molecule has 1 saturated heterocycles. The summed E-state index contributed by atoms with van der Waals surface area (Å²) in [5.41, 5.74) is 2.71. The minimum Gasteiger partial charge on any atom is -0.332 e. The number of hydrogen-bond acceptors (Lipinski definition) is 1. The first-order chi connectivity index (χ1) is 10.1. The largest absolute Gasteiger partial charge is 0.332 e. The van der Waals surface area contributed by atoms with Crippen LogP contribution in [0.5, 0.6) is 0 Å². The quantitative estimate of drug-likeness (QED) is 0.812. The summed E-state index contributed by atoms with van der Waals surface area (Å²) in [5.74, 6) is -0.219. The highest BCUT2D eigenvalue weighted by Gasteiger charge is 2.30. The highest BCUT2D eigenvalue weighted by atomic mass is 19.1. The Bertz CT molecular complexity index is 651. The minimum absolute atomic E-state index is 0.0190. The monoisotopic (exact) mass is 283 g/mol. The van der Waals surface area contributed by atoms with E-state index in [0.717, 1.165) is 30.5 Å². The first-order valence-electron chi connectivity index (χ1n) is 7.28. The Morgan fingerprint density at radius 3 is 2.67 bits per heavy atom. The van der Waals surface area contributed by atoms with Crippen LogP contribution in [0, 0.1) is 12.7 Å². The zero-order valence-electron chi connectivity index (χ0n) is 12.1. The van der Waals surface area contributed by atoms with Gasteiger partial charge in [0.1, 0.15) is 5.82 Å². The zero-order chi connectivity index (χ0) is 14.8. The van der Waals surface area contributed by atoms with Crippen molar-refractivity contribution in [2.24, 2.45) is 0 Å². The van der Waals surface area contributed by atoms with Crippen molar-refractivity contribution in [3.8, 4) is 0 Å². The van der Waals surface area contributed by atoms with Gasteiger partial charge < -0.3 is 4.90 Å². The van der Waals surface area contributed by atoms with Gasteiger partial charge in [0.25, 0.3) is 5.91 Å². The number of hydrogen-bond donors (Lipinski definition) is 0. The van der Waals surface area contributed by atoms with Gasteiger partial charge in [-0.15, -0.1) is 0 Å². The Morgan fingerprint density at radius 2 is 1.95 bits per heavy atom. The topological polar surface area (TPSA) is 20.3 Å². The summed E-state index contributed by atoms with van der Waals surface area (Å²) in [6.45, 7) is 2.73. The molecule has 1 amide bonds. The Balaban J connectivity index is 1.87. The molecule has 0 aliphatic carbocycles. The highest BCUT2D eigenvalue weighted by Crippen LogP contribution is 2.33. The van der Waals surface area contributed by atoms with Crippen molar-refractivity contribution in [1.29, 1.82) is 0 Å². The van der Waals surface area contributed by atoms with E-state index in [2.05, 4.69) is 0 Å². The van der Waals surface area contributed by atoms with E-state index in [4.69, 9.17) is 0 Å². The van der Waals surface area contributed by atoms with Gasteiger partial charge in [0, 0.05) is 12.1 Å². The standard InChI is InChI=1S/C18H18FNO/c1-13-7-9-14(10-8-13)18(21)20-11-3-6-17(20)15-4-2-5-16(19)12-15/h2,4-5,7-10,12,17H,3,6,11H2,1H3/t17-/m0/s1. The predicted molar refractivity (Wildman–Crippen MR) is 80.6 cm³/mol. The molecule has 1 atom stereocenters. The molecule has 2 aromatic carbocycles. The third-order valence-electron chi connectivity index (χ3n) is 4.05. The van der Waals surface area contributed by atoms with Crippen molar-refractivity contribution in [3.63, 3.8) is 0 Å². The minimum atomic E-state index is -0.248. The van der Waals surface area contributed by atoms with Gasteiger partial charge in [-0.2, -0.15) is 0 Å². The van der Waals surface area contributed by atoms with Crippen molar-refractivity contribution in [3.05, 3.63) is 71.0 Å². The molecule has 0 N–H and O–H groups in total. The number of aryl methyl sites for hydroxylation is 1. The van der Waals surface area contributed by atoms with E-state index in [0.29, 0.717) is 5.56 Å². The summed E-state index contributed by atoms with van der Waals surface area (Å²) in [5, 5.41) is 0. The Labute approximate surface area is 124 Å². The van der Waals surface area contributed by atoms with Gasteiger partial charge in [0.2, 0.25) is 0 Å². The van der Waals surface area contributed by atoms with E-state index < -0.39 is 0 Å². The van der Waals surface area contributed by atoms with Crippen LogP contribution in [0.1, 0.15) is 40.4 Å². The molecule has 2 nitrogen and oxygen atoms in total. The average Bonchev–Trinajstić information content (AvgIpc) is 2.97. The number of amides is 1. The van der Waals surface area contributed by atoms with Crippen LogP contribution in [0.4, 0.5) is 4.39 Å². The SMILES string of the molecule is Cc1ccc(C(=O)N2CCC[C@H]2c2cccc(F)c2)cc1. The second-order valence-electron chi connectivity index (χ2n) is 5.58. The van der Waals surface area contributed by atoms with E-state index in [1.807, 2.05) is 42.2 Å². The number of likely N-dealkylation sites (tertiary alicyclic amines) is 1. The van der Waals surface area contributed by atoms with Crippen LogP contribution in [0.25, 0.3) is 0 Å². The predicted octanol–water partition coefficient (Wildman–Crippen LogP) is 4.11. The fourth-order valence-corrected chi connectivity index (χ4v) is 2.93. The first-order valence-corrected chi connectivity index (χ1v) is 7.28. The van der Waals surface area contributed by atoms with Gasteiger partial charge >= 0.3 is 0 Å². The maximum atomic E-state index is 13.4. The van der Waals surface area contributed by atoms with E-state index >= 15 is 0 Å². The molecule has 21 heavy (non-hydrogen) atoms. The third-order valence-corrected chi connectivity index (χ3v) is 4.05. The van der Waals surface area contributed by atoms with Crippen LogP contribution in [-0.2, 0) is 0 Å². The lowest BCUT2D eigenvalue weighted by Gasteiger charge is -2.25. The van der Waals surface area contributed by atoms with Crippen molar-refractivity contribution in [1.82, 2.24) is 4.90 Å². The second kappa shape index (κ2) is 5.68. The lowest BCUT2D eigenvalue weighted by Crippen LogP contribution is -2.30. The van der Waals surface area contributed by atoms with Crippen LogP contribution < -0.4 is 0 Å². The van der Waals surface area contributed by atoms with Crippen LogP contribution in [0.2, 0.25) is 0 Å². The molecule has 1 heterocycles. The highest BCUT2D eigenvalue weighted by molar-refractivity contribution is 5.94. The van der Waals surface area contributed by atoms with Gasteiger partial charge in [-0.25, -0.2) is 4.39 Å². The van der Waals surface area contributed by atoms with Crippen LogP contribution >= 0.6 is 0 Å². The molecular weight excluding hydrogens is 265 g/mol. The molecule has 2 aromatic rings. The Morgan fingerprint density at radius 1 is 1.19 bits per heavy atom. The molecule has 3 heteroatoms. The van der Waals surface area contributed by atoms with E-state index in [9.17, 15) is 9.18 Å². The number of carbonyl (C=O) groups excluding carboxylic acids is 1. The molecule has 0 aromatic heterocycles. The molecular formula is C18H18FNO. The summed E-state index contributed by atoms with van der Waals surface area (Å²) in [7, 11) is 0. The lowest BCUT2D eigenvalue weighted by molar-refractivity contribution is 0.0735. The number of carbonyl (C=O) groups is 1. The van der Waals surface area contributed by atoms with Crippen molar-refractivity contribution in [2.75, 3.05) is 6.54 Å². The molecule has 108 valence electrons. The second-order valence-corrected chi connectivity index (χ2v) is 5.58. The number of rotatable bonds is 2. The molecule has 0 saturated carbocycles. The van der Waals surface area contributed by atoms with Crippen molar-refractivity contribution >= 4 is 5.91 Å². The van der Waals surface area contributed by atoms with Crippen LogP contribution in [0.15, 0.2) is 48.5 Å². The summed E-state index contributed by atoms with van der Waals surface area (Å²) < 4.78 is 13.4. The molecule has 0 bridgehead atoms. The molecule has 0 spiro atoms. The van der Waals surface area contributed by atoms with Crippen LogP contribution in [-0.4, -0.2) is 17.4 Å². The van der Waals surface area contributed by atoms with Gasteiger partial charge in [0.15, 0.2) is 0 Å². The van der Waals surface area contributed by atoms with Gasteiger partial charge in [0.05, 0.1) is 6.04 Å². The van der Waals surface area contributed by atoms with Crippen LogP contribution in [0.3, 0.4) is 0 Å². The fraction of sp³-hybridized carbons (Fsp3) is 0.278. The molecule has 1 aliphatic heterocycles. The normalized spacial score (nSPS) is 18.0. The van der Waals surface area contributed by atoms with Crippen molar-refractivity contribution in [2.45, 2.75) is 25.8 Å². The van der Waals surface area contributed by atoms with E-state index in [1.54, 1.807) is 6.07 Å². The summed E-state index contributed by atoms with van der Waals surface area (Å²) in [6.07, 6.45) is 1.85. The van der Waals surface area contributed by atoms with Gasteiger partial charge in [-0.3, -0.25) is 4.79 Å². The maximum Gasteiger partial charge on any atom is 0.254 e. The Hall–Kier alpha value is -2.16. The number of nitrogens with zero attached hydrogens (tertiary/aromatic N) is 1. The molecule has 1 aliphatic rings. The third kappa shape index (κ3) is 2.82. The Kier molecular flexibility index (Phi) is 3.74. The van der Waals surface area contributed by atoms with E-state index in [1.165, 1.54) is 12.1 Å². The van der Waals surface area contributed by atoms with E-state index in [-0.39, 0.29) is 17.8 Å². The fourth-order valence-electron chi connectivity index (χ4n) is 2.93. The van der Waals surface area contributed by atoms with Gasteiger partial charge in [-0.1, -0.05) is 29.8 Å². The first kappa shape index (κ1) is 13.8. The van der Waals surface area contributed by atoms with Gasteiger partial charge in [-0.05, 0) is 49.6 Å². The summed E-state index contributed by atoms with van der Waals surface area (Å²) in [4.78, 5) is 14.5. The smallest absolute Gasteiger partial charge is 0.254 e. The van der Waals surface area contributed by atoms with Crippen molar-refractivity contribution < 1.29 is 9.18 Å². The summed E-state index contributed by atoms with van der Waals surface area (Å²) in [6, 6.07) is 14.2. The lowest BCUT2D eigenvalue weighted by atomic mass is 10.0. The number of halogens is 1.